The van der Waals surface area contributed by atoms with E-state index in [2.05, 4.69) is 4.89 Å². The predicted octanol–water partition coefficient (Wildman–Crippen LogP) is 5.07. The Morgan fingerprint density at radius 2 is 1.71 bits per heavy atom. The molecule has 0 radical (unpaired) electrons. The summed E-state index contributed by atoms with van der Waals surface area (Å²) < 4.78 is 5.18. The van der Waals surface area contributed by atoms with Crippen LogP contribution in [0.4, 0.5) is 0 Å². The molecule has 0 heterocycles. The van der Waals surface area contributed by atoms with Crippen molar-refractivity contribution in [2.24, 2.45) is 5.92 Å². The second kappa shape index (κ2) is 10.4. The summed E-state index contributed by atoms with van der Waals surface area (Å²) in [6.45, 7) is 6.27. The van der Waals surface area contributed by atoms with Crippen molar-refractivity contribution >= 4 is 12.0 Å². The summed E-state index contributed by atoms with van der Waals surface area (Å²) in [4.78, 5) is 16.7. The average molecular weight is 379 g/mol. The van der Waals surface area contributed by atoms with Crippen LogP contribution >= 0.6 is 0 Å². The van der Waals surface area contributed by atoms with Gasteiger partial charge in [-0.2, -0.15) is 5.26 Å². The van der Waals surface area contributed by atoms with E-state index < -0.39 is 12.1 Å². The van der Waals surface area contributed by atoms with Crippen LogP contribution in [0.1, 0.15) is 48.6 Å². The molecule has 0 fully saturated rings. The minimum absolute atomic E-state index is 0.0513. The lowest BCUT2D eigenvalue weighted by molar-refractivity contribution is -0.270. The maximum atomic E-state index is 12.1. The predicted molar refractivity (Wildman–Crippen MR) is 107 cm³/mol. The van der Waals surface area contributed by atoms with Crippen molar-refractivity contribution < 1.29 is 19.7 Å². The van der Waals surface area contributed by atoms with Gasteiger partial charge in [0, 0.05) is 0 Å². The molecule has 0 aliphatic rings. The SMILES string of the molecule is CCC(C)COC(=O)/C(C#N)=C\c1ccc(C(OO)c2ccc(C)cc2)cc1. The summed E-state index contributed by atoms with van der Waals surface area (Å²) >= 11 is 0. The first kappa shape index (κ1) is 21.4. The van der Waals surface area contributed by atoms with Crippen LogP contribution in [0.15, 0.2) is 54.1 Å². The van der Waals surface area contributed by atoms with Gasteiger partial charge in [-0.25, -0.2) is 9.68 Å². The van der Waals surface area contributed by atoms with Gasteiger partial charge < -0.3 is 4.74 Å². The van der Waals surface area contributed by atoms with Gasteiger partial charge >= 0.3 is 5.97 Å². The van der Waals surface area contributed by atoms with Gasteiger partial charge in [-0.1, -0.05) is 74.4 Å². The number of aryl methyl sites for hydroxylation is 1. The van der Waals surface area contributed by atoms with E-state index in [4.69, 9.17) is 4.74 Å². The molecular weight excluding hydrogens is 354 g/mol. The van der Waals surface area contributed by atoms with Gasteiger partial charge in [0.2, 0.25) is 0 Å². The molecule has 2 unspecified atom stereocenters. The van der Waals surface area contributed by atoms with Crippen LogP contribution in [0, 0.1) is 24.2 Å². The van der Waals surface area contributed by atoms with Gasteiger partial charge in [-0.3, -0.25) is 5.26 Å². The zero-order valence-corrected chi connectivity index (χ0v) is 16.4. The highest BCUT2D eigenvalue weighted by Gasteiger charge is 2.16. The van der Waals surface area contributed by atoms with E-state index >= 15 is 0 Å². The molecule has 0 aromatic heterocycles. The zero-order chi connectivity index (χ0) is 20.5. The van der Waals surface area contributed by atoms with Gasteiger partial charge in [0.1, 0.15) is 17.7 Å². The van der Waals surface area contributed by atoms with E-state index in [0.29, 0.717) is 12.2 Å². The summed E-state index contributed by atoms with van der Waals surface area (Å²) in [6, 6.07) is 16.7. The molecule has 2 atom stereocenters. The zero-order valence-electron chi connectivity index (χ0n) is 16.4. The highest BCUT2D eigenvalue weighted by molar-refractivity contribution is 5.97. The largest absolute Gasteiger partial charge is 0.461 e. The minimum Gasteiger partial charge on any atom is -0.461 e. The Balaban J connectivity index is 2.15. The number of nitriles is 1. The fourth-order valence-corrected chi connectivity index (χ4v) is 2.54. The lowest BCUT2D eigenvalue weighted by Crippen LogP contribution is -2.12. The number of nitrogens with zero attached hydrogens (tertiary/aromatic N) is 1. The van der Waals surface area contributed by atoms with Crippen LogP contribution in [0.25, 0.3) is 6.08 Å². The number of esters is 1. The minimum atomic E-state index is -0.622. The Hall–Kier alpha value is -2.94. The number of rotatable bonds is 8. The van der Waals surface area contributed by atoms with Crippen LogP contribution in [0.2, 0.25) is 0 Å². The number of carbonyl (C=O) groups excluding carboxylic acids is 1. The van der Waals surface area contributed by atoms with Gasteiger partial charge in [0.25, 0.3) is 0 Å². The van der Waals surface area contributed by atoms with Crippen molar-refractivity contribution in [3.63, 3.8) is 0 Å². The molecule has 5 nitrogen and oxygen atoms in total. The molecule has 5 heteroatoms. The Morgan fingerprint density at radius 1 is 1.14 bits per heavy atom. The second-order valence-electron chi connectivity index (χ2n) is 6.84. The molecule has 2 aromatic carbocycles. The molecule has 0 amide bonds. The van der Waals surface area contributed by atoms with Crippen LogP contribution in [0.3, 0.4) is 0 Å². The number of carbonyl (C=O) groups is 1. The highest BCUT2D eigenvalue weighted by Crippen LogP contribution is 2.26. The summed E-state index contributed by atoms with van der Waals surface area (Å²) in [5.74, 6) is -0.372. The molecule has 28 heavy (non-hydrogen) atoms. The first-order valence-electron chi connectivity index (χ1n) is 9.24. The first-order chi connectivity index (χ1) is 13.5. The third-order valence-corrected chi connectivity index (χ3v) is 4.57. The first-order valence-corrected chi connectivity index (χ1v) is 9.24. The maximum Gasteiger partial charge on any atom is 0.348 e. The van der Waals surface area contributed by atoms with Crippen molar-refractivity contribution in [3.05, 3.63) is 76.4 Å². The summed E-state index contributed by atoms with van der Waals surface area (Å²) in [6.07, 6.45) is 1.77. The van der Waals surface area contributed by atoms with Crippen molar-refractivity contribution in [2.45, 2.75) is 33.3 Å². The number of ether oxygens (including phenoxy) is 1. The van der Waals surface area contributed by atoms with Crippen molar-refractivity contribution in [1.82, 2.24) is 0 Å². The molecular formula is C23H25NO4. The van der Waals surface area contributed by atoms with Gasteiger partial charge in [-0.05, 0) is 35.6 Å². The van der Waals surface area contributed by atoms with E-state index in [1.165, 1.54) is 6.08 Å². The van der Waals surface area contributed by atoms with Crippen molar-refractivity contribution in [2.75, 3.05) is 6.61 Å². The summed E-state index contributed by atoms with van der Waals surface area (Å²) in [7, 11) is 0. The van der Waals surface area contributed by atoms with Crippen LogP contribution in [-0.2, 0) is 14.4 Å². The topological polar surface area (TPSA) is 79.6 Å². The molecule has 0 bridgehead atoms. The standard InChI is InChI=1S/C23H25NO4/c1-4-16(2)15-27-23(25)21(14-24)13-18-7-11-20(12-8-18)22(28-26)19-9-5-17(3)6-10-19/h5-13,16,22,26H,4,15H2,1-3H3/b21-13-. The van der Waals surface area contributed by atoms with Crippen LogP contribution < -0.4 is 0 Å². The smallest absolute Gasteiger partial charge is 0.348 e. The van der Waals surface area contributed by atoms with Crippen LogP contribution in [-0.4, -0.2) is 17.8 Å². The van der Waals surface area contributed by atoms with E-state index in [1.54, 1.807) is 24.3 Å². The lowest BCUT2D eigenvalue weighted by Gasteiger charge is -2.14. The van der Waals surface area contributed by atoms with E-state index in [1.807, 2.05) is 51.1 Å². The highest BCUT2D eigenvalue weighted by atomic mass is 17.1. The quantitative estimate of drug-likeness (QED) is 0.228. The van der Waals surface area contributed by atoms with E-state index in [9.17, 15) is 15.3 Å². The normalized spacial score (nSPS) is 13.5. The fourth-order valence-electron chi connectivity index (χ4n) is 2.54. The Morgan fingerprint density at radius 3 is 2.21 bits per heavy atom. The Kier molecular flexibility index (Phi) is 7.94. The summed E-state index contributed by atoms with van der Waals surface area (Å²) in [5.41, 5.74) is 3.32. The number of hydrogen-bond acceptors (Lipinski definition) is 5. The second-order valence-corrected chi connectivity index (χ2v) is 6.84. The molecule has 2 aromatic rings. The molecule has 0 saturated carbocycles. The van der Waals surface area contributed by atoms with Gasteiger partial charge in [0.05, 0.1) is 6.61 Å². The third-order valence-electron chi connectivity index (χ3n) is 4.57. The Labute approximate surface area is 165 Å². The molecule has 0 saturated heterocycles. The summed E-state index contributed by atoms with van der Waals surface area (Å²) in [5, 5.41) is 18.6. The molecule has 0 spiro atoms. The van der Waals surface area contributed by atoms with Gasteiger partial charge in [0.15, 0.2) is 0 Å². The van der Waals surface area contributed by atoms with E-state index in [0.717, 1.165) is 23.1 Å². The molecule has 0 aliphatic carbocycles. The molecule has 1 N–H and O–H groups in total. The third kappa shape index (κ3) is 5.78. The fraction of sp³-hybridized carbons (Fsp3) is 0.304. The van der Waals surface area contributed by atoms with Crippen molar-refractivity contribution in [3.8, 4) is 6.07 Å². The van der Waals surface area contributed by atoms with Gasteiger partial charge in [-0.15, -0.1) is 0 Å². The Bertz CT molecular complexity index is 848. The molecule has 2 rings (SSSR count). The number of benzene rings is 2. The monoisotopic (exact) mass is 379 g/mol. The average Bonchev–Trinajstić information content (AvgIpc) is 2.72. The molecule has 146 valence electrons. The van der Waals surface area contributed by atoms with Crippen molar-refractivity contribution in [1.29, 1.82) is 5.26 Å². The molecule has 0 aliphatic heterocycles. The number of hydrogen-bond donors (Lipinski definition) is 1. The van der Waals surface area contributed by atoms with E-state index in [-0.39, 0.29) is 11.5 Å². The van der Waals surface area contributed by atoms with Crippen LogP contribution in [0.5, 0.6) is 0 Å². The lowest BCUT2D eigenvalue weighted by atomic mass is 9.99. The maximum absolute atomic E-state index is 12.1.